The SMILES string of the molecule is CCC(NC(=O)N(C)CCC(C)O)C(C)(C)c1ccccc1. The van der Waals surface area contributed by atoms with E-state index in [0.717, 1.165) is 6.42 Å². The Kier molecular flexibility index (Phi) is 6.88. The van der Waals surface area contributed by atoms with E-state index >= 15 is 0 Å². The minimum absolute atomic E-state index is 0.0522. The molecule has 1 aromatic rings. The predicted molar refractivity (Wildman–Crippen MR) is 91.0 cm³/mol. The quantitative estimate of drug-likeness (QED) is 0.813. The number of urea groups is 1. The van der Waals surface area contributed by atoms with Crippen LogP contribution in [0.2, 0.25) is 0 Å². The highest BCUT2D eigenvalue weighted by molar-refractivity contribution is 5.74. The lowest BCUT2D eigenvalue weighted by Crippen LogP contribution is -2.51. The van der Waals surface area contributed by atoms with Crippen molar-refractivity contribution in [2.75, 3.05) is 13.6 Å². The summed E-state index contributed by atoms with van der Waals surface area (Å²) in [6.07, 6.45) is 1.05. The van der Waals surface area contributed by atoms with Crippen LogP contribution in [0.1, 0.15) is 46.1 Å². The predicted octanol–water partition coefficient (Wildman–Crippen LogP) is 3.16. The molecule has 0 aliphatic rings. The van der Waals surface area contributed by atoms with Crippen molar-refractivity contribution in [1.29, 1.82) is 0 Å². The molecule has 4 nitrogen and oxygen atoms in total. The number of nitrogens with zero attached hydrogens (tertiary/aromatic N) is 1. The van der Waals surface area contributed by atoms with Crippen molar-refractivity contribution >= 4 is 6.03 Å². The minimum Gasteiger partial charge on any atom is -0.393 e. The number of carbonyl (C=O) groups is 1. The number of nitrogens with one attached hydrogen (secondary N) is 1. The second-order valence-electron chi connectivity index (χ2n) is 6.56. The molecule has 2 unspecified atom stereocenters. The van der Waals surface area contributed by atoms with Crippen LogP contribution in [0, 0.1) is 0 Å². The van der Waals surface area contributed by atoms with Crippen LogP contribution in [0.25, 0.3) is 0 Å². The molecule has 1 rings (SSSR count). The summed E-state index contributed by atoms with van der Waals surface area (Å²) in [6, 6.07) is 10.2. The van der Waals surface area contributed by atoms with E-state index in [2.05, 4.69) is 38.2 Å². The Bertz CT molecular complexity index is 457. The van der Waals surface area contributed by atoms with Gasteiger partial charge < -0.3 is 15.3 Å². The van der Waals surface area contributed by atoms with E-state index in [1.165, 1.54) is 5.56 Å². The average molecular weight is 306 g/mol. The first kappa shape index (κ1) is 18.5. The Morgan fingerprint density at radius 1 is 1.32 bits per heavy atom. The maximum atomic E-state index is 12.3. The van der Waals surface area contributed by atoms with Crippen molar-refractivity contribution in [3.63, 3.8) is 0 Å². The number of hydrogen-bond donors (Lipinski definition) is 2. The Labute approximate surface area is 134 Å². The van der Waals surface area contributed by atoms with Gasteiger partial charge in [-0.1, -0.05) is 51.1 Å². The lowest BCUT2D eigenvalue weighted by atomic mass is 9.76. The van der Waals surface area contributed by atoms with Gasteiger partial charge in [-0.2, -0.15) is 0 Å². The third-order valence-corrected chi connectivity index (χ3v) is 4.32. The summed E-state index contributed by atoms with van der Waals surface area (Å²) in [5, 5.41) is 12.5. The van der Waals surface area contributed by atoms with Crippen molar-refractivity contribution in [3.05, 3.63) is 35.9 Å². The zero-order chi connectivity index (χ0) is 16.8. The molecule has 2 N–H and O–H groups in total. The van der Waals surface area contributed by atoms with Gasteiger partial charge in [0.2, 0.25) is 0 Å². The number of hydrogen-bond acceptors (Lipinski definition) is 2. The molecule has 0 aromatic heterocycles. The normalized spacial score (nSPS) is 14.3. The van der Waals surface area contributed by atoms with Crippen molar-refractivity contribution < 1.29 is 9.90 Å². The van der Waals surface area contributed by atoms with Gasteiger partial charge in [-0.3, -0.25) is 0 Å². The van der Waals surface area contributed by atoms with Gasteiger partial charge in [0.1, 0.15) is 0 Å². The fraction of sp³-hybridized carbons (Fsp3) is 0.611. The number of benzene rings is 1. The monoisotopic (exact) mass is 306 g/mol. The molecule has 0 bridgehead atoms. The largest absolute Gasteiger partial charge is 0.393 e. The lowest BCUT2D eigenvalue weighted by Gasteiger charge is -2.36. The van der Waals surface area contributed by atoms with Crippen LogP contribution in [0.4, 0.5) is 4.79 Å². The maximum Gasteiger partial charge on any atom is 0.317 e. The molecule has 0 saturated heterocycles. The Hall–Kier alpha value is -1.55. The second kappa shape index (κ2) is 8.18. The molecule has 0 radical (unpaired) electrons. The number of aliphatic hydroxyl groups excluding tert-OH is 1. The van der Waals surface area contributed by atoms with Gasteiger partial charge in [0, 0.05) is 25.0 Å². The minimum atomic E-state index is -0.391. The summed E-state index contributed by atoms with van der Waals surface area (Å²) < 4.78 is 0. The van der Waals surface area contributed by atoms with Crippen molar-refractivity contribution in [2.24, 2.45) is 0 Å². The summed E-state index contributed by atoms with van der Waals surface area (Å²) in [5.41, 5.74) is 1.07. The summed E-state index contributed by atoms with van der Waals surface area (Å²) in [7, 11) is 1.76. The van der Waals surface area contributed by atoms with E-state index in [0.29, 0.717) is 13.0 Å². The van der Waals surface area contributed by atoms with Gasteiger partial charge in [-0.15, -0.1) is 0 Å². The molecule has 0 fully saturated rings. The molecule has 0 heterocycles. The summed E-state index contributed by atoms with van der Waals surface area (Å²) >= 11 is 0. The van der Waals surface area contributed by atoms with Crippen molar-refractivity contribution in [1.82, 2.24) is 10.2 Å². The standard InChI is InChI=1S/C18H30N2O2/c1-6-16(18(3,4)15-10-8-7-9-11-15)19-17(22)20(5)13-12-14(2)21/h7-11,14,16,21H,6,12-13H2,1-5H3,(H,19,22). The Morgan fingerprint density at radius 3 is 2.41 bits per heavy atom. The Morgan fingerprint density at radius 2 is 1.91 bits per heavy atom. The molecular formula is C18H30N2O2. The Balaban J connectivity index is 2.73. The van der Waals surface area contributed by atoms with E-state index < -0.39 is 6.10 Å². The highest BCUT2D eigenvalue weighted by atomic mass is 16.3. The third kappa shape index (κ3) is 5.02. The molecule has 0 saturated carbocycles. The molecule has 22 heavy (non-hydrogen) atoms. The van der Waals surface area contributed by atoms with Gasteiger partial charge in [0.25, 0.3) is 0 Å². The molecule has 124 valence electrons. The van der Waals surface area contributed by atoms with Gasteiger partial charge in [0.15, 0.2) is 0 Å². The van der Waals surface area contributed by atoms with Crippen LogP contribution in [0.3, 0.4) is 0 Å². The van der Waals surface area contributed by atoms with Gasteiger partial charge in [0.05, 0.1) is 6.10 Å². The van der Waals surface area contributed by atoms with Crippen LogP contribution in [-0.2, 0) is 5.41 Å². The zero-order valence-corrected chi connectivity index (χ0v) is 14.5. The number of carbonyl (C=O) groups excluding carboxylic acids is 1. The molecule has 4 heteroatoms. The molecule has 2 amide bonds. The number of amides is 2. The fourth-order valence-corrected chi connectivity index (χ4v) is 2.60. The van der Waals surface area contributed by atoms with Crippen LogP contribution >= 0.6 is 0 Å². The summed E-state index contributed by atoms with van der Waals surface area (Å²) in [4.78, 5) is 14.0. The van der Waals surface area contributed by atoms with Crippen molar-refractivity contribution in [2.45, 2.75) is 58.1 Å². The molecule has 2 atom stereocenters. The van der Waals surface area contributed by atoms with Crippen LogP contribution in [0.15, 0.2) is 30.3 Å². The van der Waals surface area contributed by atoms with Crippen LogP contribution < -0.4 is 5.32 Å². The van der Waals surface area contributed by atoms with Gasteiger partial charge >= 0.3 is 6.03 Å². The molecule has 1 aromatic carbocycles. The maximum absolute atomic E-state index is 12.3. The molecule has 0 aliphatic carbocycles. The molecule has 0 aliphatic heterocycles. The van der Waals surface area contributed by atoms with Crippen molar-refractivity contribution in [3.8, 4) is 0 Å². The smallest absolute Gasteiger partial charge is 0.317 e. The topological polar surface area (TPSA) is 52.6 Å². The molecule has 0 spiro atoms. The average Bonchev–Trinajstić information content (AvgIpc) is 2.50. The van der Waals surface area contributed by atoms with E-state index in [-0.39, 0.29) is 17.5 Å². The molecular weight excluding hydrogens is 276 g/mol. The van der Waals surface area contributed by atoms with Crippen LogP contribution in [-0.4, -0.2) is 41.8 Å². The highest BCUT2D eigenvalue weighted by Gasteiger charge is 2.31. The summed E-state index contributed by atoms with van der Waals surface area (Å²) in [6.45, 7) is 8.69. The first-order valence-corrected chi connectivity index (χ1v) is 8.04. The highest BCUT2D eigenvalue weighted by Crippen LogP contribution is 2.28. The lowest BCUT2D eigenvalue weighted by molar-refractivity contribution is 0.160. The van der Waals surface area contributed by atoms with Gasteiger partial charge in [-0.05, 0) is 25.3 Å². The van der Waals surface area contributed by atoms with Gasteiger partial charge in [-0.25, -0.2) is 4.79 Å². The third-order valence-electron chi connectivity index (χ3n) is 4.32. The first-order chi connectivity index (χ1) is 10.3. The van der Waals surface area contributed by atoms with E-state index in [4.69, 9.17) is 0 Å². The number of aliphatic hydroxyl groups is 1. The first-order valence-electron chi connectivity index (χ1n) is 8.04. The summed E-state index contributed by atoms with van der Waals surface area (Å²) in [5.74, 6) is 0. The number of rotatable bonds is 7. The zero-order valence-electron chi connectivity index (χ0n) is 14.5. The van der Waals surface area contributed by atoms with E-state index in [9.17, 15) is 9.90 Å². The fourth-order valence-electron chi connectivity index (χ4n) is 2.60. The van der Waals surface area contributed by atoms with Crippen LogP contribution in [0.5, 0.6) is 0 Å². The van der Waals surface area contributed by atoms with E-state index in [1.807, 2.05) is 18.2 Å². The van der Waals surface area contributed by atoms with E-state index in [1.54, 1.807) is 18.9 Å². The second-order valence-corrected chi connectivity index (χ2v) is 6.56.